The molecule has 0 bridgehead atoms. The van der Waals surface area contributed by atoms with Crippen LogP contribution < -0.4 is 0 Å². The van der Waals surface area contributed by atoms with E-state index < -0.39 is 11.7 Å². The van der Waals surface area contributed by atoms with Gasteiger partial charge in [0.1, 0.15) is 0 Å². The molecule has 156 valence electrons. The highest BCUT2D eigenvalue weighted by Gasteiger charge is 2.30. The summed E-state index contributed by atoms with van der Waals surface area (Å²) < 4.78 is 38.5. The molecule has 1 amide bonds. The predicted molar refractivity (Wildman–Crippen MR) is 104 cm³/mol. The Balaban J connectivity index is 1.40. The first-order chi connectivity index (χ1) is 13.3. The molecule has 1 aliphatic carbocycles. The van der Waals surface area contributed by atoms with E-state index in [-0.39, 0.29) is 5.92 Å². The number of hydrogen-bond acceptors (Lipinski definition) is 2. The molecule has 0 N–H and O–H groups in total. The van der Waals surface area contributed by atoms with Crippen LogP contribution >= 0.6 is 0 Å². The van der Waals surface area contributed by atoms with Crippen molar-refractivity contribution in [1.29, 1.82) is 0 Å². The van der Waals surface area contributed by atoms with E-state index in [1.54, 1.807) is 6.07 Å². The Labute approximate surface area is 165 Å². The van der Waals surface area contributed by atoms with Crippen molar-refractivity contribution in [3.05, 3.63) is 35.4 Å². The zero-order valence-corrected chi connectivity index (χ0v) is 16.7. The second kappa shape index (κ2) is 9.29. The highest BCUT2D eigenvalue weighted by atomic mass is 19.4. The van der Waals surface area contributed by atoms with E-state index in [0.717, 1.165) is 63.5 Å². The molecular formula is C22H31F3N2O. The molecule has 1 saturated heterocycles. The molecular weight excluding hydrogens is 365 g/mol. The average molecular weight is 396 g/mol. The molecule has 0 unspecified atom stereocenters. The monoisotopic (exact) mass is 396 g/mol. The number of benzene rings is 1. The van der Waals surface area contributed by atoms with Gasteiger partial charge in [0.25, 0.3) is 0 Å². The van der Waals surface area contributed by atoms with Crippen molar-refractivity contribution in [2.75, 3.05) is 33.2 Å². The molecule has 1 aliphatic heterocycles. The third-order valence-electron chi connectivity index (χ3n) is 6.29. The first-order valence-electron chi connectivity index (χ1n) is 10.5. The number of likely N-dealkylation sites (tertiary alicyclic amines) is 1. The minimum atomic E-state index is -4.28. The van der Waals surface area contributed by atoms with Gasteiger partial charge in [0, 0.05) is 26.1 Å². The normalized spacial score (nSPS) is 19.9. The summed E-state index contributed by atoms with van der Waals surface area (Å²) in [6, 6.07) is 5.64. The lowest BCUT2D eigenvalue weighted by molar-refractivity contribution is -0.137. The number of rotatable bonds is 6. The maximum atomic E-state index is 12.8. The highest BCUT2D eigenvalue weighted by molar-refractivity contribution is 5.78. The fraction of sp³-hybridized carbons (Fsp3) is 0.682. The summed E-state index contributed by atoms with van der Waals surface area (Å²) >= 11 is 0. The third kappa shape index (κ3) is 5.72. The van der Waals surface area contributed by atoms with E-state index >= 15 is 0 Å². The zero-order chi connectivity index (χ0) is 20.1. The van der Waals surface area contributed by atoms with E-state index in [4.69, 9.17) is 0 Å². The maximum Gasteiger partial charge on any atom is 0.416 e. The number of carbonyl (C=O) groups is 1. The minimum Gasteiger partial charge on any atom is -0.345 e. The van der Waals surface area contributed by atoms with Crippen molar-refractivity contribution in [1.82, 2.24) is 9.80 Å². The van der Waals surface area contributed by atoms with E-state index in [2.05, 4.69) is 4.90 Å². The molecule has 1 saturated carbocycles. The van der Waals surface area contributed by atoms with Crippen molar-refractivity contribution < 1.29 is 18.0 Å². The number of piperidine rings is 1. The molecule has 1 aromatic rings. The SMILES string of the molecule is CN(CC1CCN(CCc2cccc(C(F)(F)F)c2)CC1)C(=O)C1CCCC1. The van der Waals surface area contributed by atoms with E-state index in [0.29, 0.717) is 18.2 Å². The standard InChI is InChI=1S/C22H31F3N2O/c1-26(21(28)19-6-2-3-7-19)16-18-10-13-27(14-11-18)12-9-17-5-4-8-20(15-17)22(23,24)25/h4-5,8,15,18-19H,2-3,6-7,9-14,16H2,1H3. The Bertz CT molecular complexity index is 647. The number of hydrogen-bond donors (Lipinski definition) is 0. The van der Waals surface area contributed by atoms with E-state index in [1.807, 2.05) is 11.9 Å². The van der Waals surface area contributed by atoms with Gasteiger partial charge in [0.2, 0.25) is 5.91 Å². The Kier molecular flexibility index (Phi) is 7.02. The van der Waals surface area contributed by atoms with Crippen LogP contribution in [-0.4, -0.2) is 48.9 Å². The van der Waals surface area contributed by atoms with Crippen LogP contribution in [0.3, 0.4) is 0 Å². The molecule has 0 atom stereocenters. The highest BCUT2D eigenvalue weighted by Crippen LogP contribution is 2.30. The van der Waals surface area contributed by atoms with Crippen LogP contribution in [0.4, 0.5) is 13.2 Å². The lowest BCUT2D eigenvalue weighted by atomic mass is 9.95. The molecule has 2 aliphatic rings. The molecule has 0 radical (unpaired) electrons. The van der Waals surface area contributed by atoms with Crippen LogP contribution in [0.15, 0.2) is 24.3 Å². The first kappa shape index (κ1) is 21.2. The number of carbonyl (C=O) groups excluding carboxylic acids is 1. The second-order valence-corrected chi connectivity index (χ2v) is 8.43. The van der Waals surface area contributed by atoms with Gasteiger partial charge in [-0.2, -0.15) is 13.2 Å². The van der Waals surface area contributed by atoms with Crippen molar-refractivity contribution in [2.24, 2.45) is 11.8 Å². The van der Waals surface area contributed by atoms with Crippen LogP contribution in [0.5, 0.6) is 0 Å². The van der Waals surface area contributed by atoms with Crippen LogP contribution in [0, 0.1) is 11.8 Å². The molecule has 3 rings (SSSR count). The number of alkyl halides is 3. The maximum absolute atomic E-state index is 12.8. The molecule has 2 fully saturated rings. The molecule has 6 heteroatoms. The molecule has 28 heavy (non-hydrogen) atoms. The van der Waals surface area contributed by atoms with Gasteiger partial charge in [-0.1, -0.05) is 31.0 Å². The van der Waals surface area contributed by atoms with Crippen LogP contribution in [0.2, 0.25) is 0 Å². The zero-order valence-electron chi connectivity index (χ0n) is 16.7. The van der Waals surface area contributed by atoms with Gasteiger partial charge in [0.15, 0.2) is 0 Å². The van der Waals surface area contributed by atoms with Crippen molar-refractivity contribution in [3.63, 3.8) is 0 Å². The van der Waals surface area contributed by atoms with Gasteiger partial charge < -0.3 is 9.80 Å². The molecule has 0 spiro atoms. The molecule has 3 nitrogen and oxygen atoms in total. The largest absolute Gasteiger partial charge is 0.416 e. The fourth-order valence-corrected chi connectivity index (χ4v) is 4.54. The summed E-state index contributed by atoms with van der Waals surface area (Å²) in [7, 11) is 1.93. The summed E-state index contributed by atoms with van der Waals surface area (Å²) in [6.07, 6.45) is 2.87. The van der Waals surface area contributed by atoms with Gasteiger partial charge in [-0.15, -0.1) is 0 Å². The number of amides is 1. The van der Waals surface area contributed by atoms with Crippen LogP contribution in [-0.2, 0) is 17.4 Å². The van der Waals surface area contributed by atoms with Crippen LogP contribution in [0.25, 0.3) is 0 Å². The summed E-state index contributed by atoms with van der Waals surface area (Å²) in [5.41, 5.74) is 0.164. The lowest BCUT2D eigenvalue weighted by Crippen LogP contribution is -2.41. The Morgan fingerprint density at radius 1 is 1.14 bits per heavy atom. The number of nitrogens with zero attached hydrogens (tertiary/aromatic N) is 2. The summed E-state index contributed by atoms with van der Waals surface area (Å²) in [5, 5.41) is 0. The average Bonchev–Trinajstić information content (AvgIpc) is 3.21. The first-order valence-corrected chi connectivity index (χ1v) is 10.5. The van der Waals surface area contributed by atoms with Gasteiger partial charge in [-0.05, 0) is 62.7 Å². The van der Waals surface area contributed by atoms with Gasteiger partial charge in [-0.3, -0.25) is 4.79 Å². The van der Waals surface area contributed by atoms with Crippen molar-refractivity contribution in [3.8, 4) is 0 Å². The molecule has 0 aromatic heterocycles. The predicted octanol–water partition coefficient (Wildman–Crippen LogP) is 4.61. The molecule has 1 aromatic carbocycles. The summed E-state index contributed by atoms with van der Waals surface area (Å²) in [4.78, 5) is 16.7. The Morgan fingerprint density at radius 3 is 2.46 bits per heavy atom. The van der Waals surface area contributed by atoms with E-state index in [9.17, 15) is 18.0 Å². The van der Waals surface area contributed by atoms with Gasteiger partial charge >= 0.3 is 6.18 Å². The Hall–Kier alpha value is -1.56. The third-order valence-corrected chi connectivity index (χ3v) is 6.29. The van der Waals surface area contributed by atoms with E-state index in [1.165, 1.54) is 25.0 Å². The minimum absolute atomic E-state index is 0.234. The lowest BCUT2D eigenvalue weighted by Gasteiger charge is -2.34. The van der Waals surface area contributed by atoms with Crippen LogP contribution in [0.1, 0.15) is 49.7 Å². The second-order valence-electron chi connectivity index (χ2n) is 8.43. The topological polar surface area (TPSA) is 23.6 Å². The van der Waals surface area contributed by atoms with Crippen molar-refractivity contribution in [2.45, 2.75) is 51.1 Å². The summed E-state index contributed by atoms with van der Waals surface area (Å²) in [5.74, 6) is 1.07. The van der Waals surface area contributed by atoms with Gasteiger partial charge in [0.05, 0.1) is 5.56 Å². The number of halogens is 3. The molecule has 1 heterocycles. The fourth-order valence-electron chi connectivity index (χ4n) is 4.54. The quantitative estimate of drug-likeness (QED) is 0.701. The van der Waals surface area contributed by atoms with Gasteiger partial charge in [-0.25, -0.2) is 0 Å². The summed E-state index contributed by atoms with van der Waals surface area (Å²) in [6.45, 7) is 3.52. The van der Waals surface area contributed by atoms with Crippen molar-refractivity contribution >= 4 is 5.91 Å². The smallest absolute Gasteiger partial charge is 0.345 e. The Morgan fingerprint density at radius 2 is 1.82 bits per heavy atom.